The Kier molecular flexibility index (Phi) is 4.95. The lowest BCUT2D eigenvalue weighted by Crippen LogP contribution is -2.51. The maximum Gasteiger partial charge on any atom is 0.410 e. The molecule has 6 nitrogen and oxygen atoms in total. The molecule has 1 saturated heterocycles. The van der Waals surface area contributed by atoms with Crippen LogP contribution in [0, 0.1) is 0 Å². The summed E-state index contributed by atoms with van der Waals surface area (Å²) in [7, 11) is 0. The predicted molar refractivity (Wildman–Crippen MR) is 80.7 cm³/mol. The Morgan fingerprint density at radius 2 is 1.95 bits per heavy atom. The Labute approximate surface area is 128 Å². The summed E-state index contributed by atoms with van der Waals surface area (Å²) in [4.78, 5) is 31.7. The van der Waals surface area contributed by atoms with Gasteiger partial charge in [0.1, 0.15) is 5.60 Å². The summed E-state index contributed by atoms with van der Waals surface area (Å²) < 4.78 is 5.35. The summed E-state index contributed by atoms with van der Waals surface area (Å²) in [6.45, 7) is 8.44. The van der Waals surface area contributed by atoms with Gasteiger partial charge in [-0.3, -0.25) is 9.69 Å². The van der Waals surface area contributed by atoms with Gasteiger partial charge in [-0.2, -0.15) is 0 Å². The van der Waals surface area contributed by atoms with Gasteiger partial charge in [0.05, 0.1) is 6.54 Å². The first-order chi connectivity index (χ1) is 9.85. The Balaban J connectivity index is 1.78. The third-order valence-electron chi connectivity index (χ3n) is 3.06. The van der Waals surface area contributed by atoms with Crippen molar-refractivity contribution in [2.75, 3.05) is 32.7 Å². The van der Waals surface area contributed by atoms with Crippen LogP contribution in [0.1, 0.15) is 30.6 Å². The maximum absolute atomic E-state index is 12.0. The Morgan fingerprint density at radius 3 is 2.48 bits per heavy atom. The summed E-state index contributed by atoms with van der Waals surface area (Å²) in [5.41, 5.74) is -0.477. The molecule has 0 saturated carbocycles. The number of hydrogen-bond acceptors (Lipinski definition) is 6. The zero-order valence-electron chi connectivity index (χ0n) is 12.7. The first kappa shape index (κ1) is 15.9. The molecule has 7 heteroatoms. The van der Waals surface area contributed by atoms with Crippen LogP contribution < -0.4 is 0 Å². The van der Waals surface area contributed by atoms with Crippen molar-refractivity contribution in [1.82, 2.24) is 14.8 Å². The summed E-state index contributed by atoms with van der Waals surface area (Å²) >= 11 is 1.36. The second-order valence-corrected chi connectivity index (χ2v) is 6.90. The number of ketones is 1. The monoisotopic (exact) mass is 311 g/mol. The largest absolute Gasteiger partial charge is 0.444 e. The molecular formula is C14H21N3O3S. The molecule has 0 aliphatic carbocycles. The minimum atomic E-state index is -0.477. The lowest BCUT2D eigenvalue weighted by molar-refractivity contribution is 0.0149. The topological polar surface area (TPSA) is 62.7 Å². The van der Waals surface area contributed by atoms with E-state index in [1.54, 1.807) is 16.5 Å². The first-order valence-corrected chi connectivity index (χ1v) is 7.86. The zero-order chi connectivity index (χ0) is 15.5. The van der Waals surface area contributed by atoms with Crippen LogP contribution in [0.3, 0.4) is 0 Å². The minimum Gasteiger partial charge on any atom is -0.444 e. The molecule has 1 aliphatic rings. The molecule has 1 aliphatic heterocycles. The first-order valence-electron chi connectivity index (χ1n) is 6.98. The molecule has 116 valence electrons. The molecule has 0 aromatic carbocycles. The van der Waals surface area contributed by atoms with Gasteiger partial charge >= 0.3 is 6.09 Å². The molecular weight excluding hydrogens is 290 g/mol. The van der Waals surface area contributed by atoms with Crippen LogP contribution in [-0.4, -0.2) is 65.0 Å². The Hall–Kier alpha value is -1.47. The van der Waals surface area contributed by atoms with Gasteiger partial charge in [-0.05, 0) is 20.8 Å². The van der Waals surface area contributed by atoms with Crippen molar-refractivity contribution in [3.8, 4) is 0 Å². The molecule has 0 N–H and O–H groups in total. The van der Waals surface area contributed by atoms with Crippen LogP contribution in [-0.2, 0) is 4.74 Å². The number of thiazole rings is 1. The van der Waals surface area contributed by atoms with Crippen molar-refractivity contribution in [1.29, 1.82) is 0 Å². The van der Waals surface area contributed by atoms with E-state index in [0.717, 1.165) is 0 Å². The van der Waals surface area contributed by atoms with Gasteiger partial charge in [-0.15, -0.1) is 11.3 Å². The van der Waals surface area contributed by atoms with E-state index in [1.165, 1.54) is 11.3 Å². The van der Waals surface area contributed by atoms with Gasteiger partial charge in [0.25, 0.3) is 0 Å². The van der Waals surface area contributed by atoms with Gasteiger partial charge in [-0.25, -0.2) is 9.78 Å². The van der Waals surface area contributed by atoms with E-state index in [2.05, 4.69) is 4.98 Å². The Bertz CT molecular complexity index is 488. The smallest absolute Gasteiger partial charge is 0.410 e. The fraction of sp³-hybridized carbons (Fsp3) is 0.643. The SMILES string of the molecule is CC(C)(C)OC(=O)N1CCN(CC(=O)c2nccs2)CC1. The molecule has 0 unspecified atom stereocenters. The highest BCUT2D eigenvalue weighted by Crippen LogP contribution is 2.12. The number of piperazine rings is 1. The number of carbonyl (C=O) groups is 2. The number of aromatic nitrogens is 1. The third kappa shape index (κ3) is 4.78. The van der Waals surface area contributed by atoms with Crippen LogP contribution in [0.2, 0.25) is 0 Å². The van der Waals surface area contributed by atoms with E-state index in [1.807, 2.05) is 25.7 Å². The van der Waals surface area contributed by atoms with Gasteiger partial charge in [0.2, 0.25) is 5.78 Å². The molecule has 1 amide bonds. The van der Waals surface area contributed by atoms with Crippen molar-refractivity contribution in [3.63, 3.8) is 0 Å². The average molecular weight is 311 g/mol. The molecule has 1 fully saturated rings. The molecule has 0 bridgehead atoms. The number of hydrogen-bond donors (Lipinski definition) is 0. The van der Waals surface area contributed by atoms with Gasteiger partial charge in [0.15, 0.2) is 5.01 Å². The molecule has 21 heavy (non-hydrogen) atoms. The highest BCUT2D eigenvalue weighted by molar-refractivity contribution is 7.11. The number of amides is 1. The van der Waals surface area contributed by atoms with E-state index < -0.39 is 5.60 Å². The fourth-order valence-electron chi connectivity index (χ4n) is 2.05. The van der Waals surface area contributed by atoms with E-state index in [4.69, 9.17) is 4.74 Å². The van der Waals surface area contributed by atoms with Crippen molar-refractivity contribution in [2.24, 2.45) is 0 Å². The lowest BCUT2D eigenvalue weighted by atomic mass is 10.2. The van der Waals surface area contributed by atoms with Crippen LogP contribution in [0.25, 0.3) is 0 Å². The summed E-state index contributed by atoms with van der Waals surface area (Å²) in [5, 5.41) is 2.35. The summed E-state index contributed by atoms with van der Waals surface area (Å²) in [5.74, 6) is 0.0377. The highest BCUT2D eigenvalue weighted by atomic mass is 32.1. The summed E-state index contributed by atoms with van der Waals surface area (Å²) in [6.07, 6.45) is 1.35. The van der Waals surface area contributed by atoms with Crippen LogP contribution in [0.15, 0.2) is 11.6 Å². The standard InChI is InChI=1S/C14H21N3O3S/c1-14(2,3)20-13(19)17-7-5-16(6-8-17)10-11(18)12-15-4-9-21-12/h4,9H,5-8,10H2,1-3H3. The van der Waals surface area contributed by atoms with E-state index in [9.17, 15) is 9.59 Å². The quantitative estimate of drug-likeness (QED) is 0.798. The van der Waals surface area contributed by atoms with Gasteiger partial charge in [-0.1, -0.05) is 0 Å². The molecule has 2 heterocycles. The molecule has 2 rings (SSSR count). The second-order valence-electron chi connectivity index (χ2n) is 6.00. The number of carbonyl (C=O) groups excluding carboxylic acids is 2. The number of rotatable bonds is 3. The highest BCUT2D eigenvalue weighted by Gasteiger charge is 2.26. The minimum absolute atomic E-state index is 0.0377. The maximum atomic E-state index is 12.0. The second kappa shape index (κ2) is 6.53. The van der Waals surface area contributed by atoms with Crippen molar-refractivity contribution in [2.45, 2.75) is 26.4 Å². The van der Waals surface area contributed by atoms with Gasteiger partial charge in [0, 0.05) is 37.8 Å². The van der Waals surface area contributed by atoms with Crippen LogP contribution in [0.5, 0.6) is 0 Å². The predicted octanol–water partition coefficient (Wildman–Crippen LogP) is 1.88. The van der Waals surface area contributed by atoms with Crippen LogP contribution in [0.4, 0.5) is 4.79 Å². The number of ether oxygens (including phenoxy) is 1. The number of Topliss-reactive ketones (excluding diaryl/α,β-unsaturated/α-hetero) is 1. The molecule has 1 aromatic rings. The van der Waals surface area contributed by atoms with Gasteiger partial charge < -0.3 is 9.64 Å². The zero-order valence-corrected chi connectivity index (χ0v) is 13.5. The molecule has 0 radical (unpaired) electrons. The van der Waals surface area contributed by atoms with E-state index >= 15 is 0 Å². The molecule has 0 spiro atoms. The third-order valence-corrected chi connectivity index (χ3v) is 3.88. The van der Waals surface area contributed by atoms with E-state index in [-0.39, 0.29) is 11.9 Å². The van der Waals surface area contributed by atoms with Crippen molar-refractivity contribution >= 4 is 23.2 Å². The van der Waals surface area contributed by atoms with Crippen molar-refractivity contribution < 1.29 is 14.3 Å². The molecule has 1 aromatic heterocycles. The Morgan fingerprint density at radius 1 is 1.29 bits per heavy atom. The fourth-order valence-corrected chi connectivity index (χ4v) is 2.62. The number of nitrogens with zero attached hydrogens (tertiary/aromatic N) is 3. The lowest BCUT2D eigenvalue weighted by Gasteiger charge is -2.35. The van der Waals surface area contributed by atoms with Crippen molar-refractivity contribution in [3.05, 3.63) is 16.6 Å². The normalized spacial score (nSPS) is 16.8. The van der Waals surface area contributed by atoms with E-state index in [0.29, 0.717) is 37.7 Å². The van der Waals surface area contributed by atoms with Crippen LogP contribution >= 0.6 is 11.3 Å². The average Bonchev–Trinajstić information content (AvgIpc) is 2.91. The summed E-state index contributed by atoms with van der Waals surface area (Å²) in [6, 6.07) is 0. The molecule has 0 atom stereocenters.